The number of hydrogen-bond donors (Lipinski definition) is 2. The van der Waals surface area contributed by atoms with E-state index in [1.807, 2.05) is 11.4 Å². The minimum Gasteiger partial charge on any atom is -0.398 e. The molecular weight excluding hydrogens is 306 g/mol. The summed E-state index contributed by atoms with van der Waals surface area (Å²) in [5.74, 6) is 0.438. The summed E-state index contributed by atoms with van der Waals surface area (Å²) < 4.78 is 0. The molecule has 0 saturated carbocycles. The number of rotatable bonds is 5. The number of benzene rings is 1. The molecule has 1 amide bonds. The lowest BCUT2D eigenvalue weighted by molar-refractivity contribution is -0.120. The summed E-state index contributed by atoms with van der Waals surface area (Å²) in [7, 11) is 0. The average molecular weight is 324 g/mol. The Labute approximate surface area is 133 Å². The molecule has 1 aromatic heterocycles. The van der Waals surface area contributed by atoms with Crippen LogP contribution in [-0.2, 0) is 11.2 Å². The minimum atomic E-state index is -0.00355. The molecule has 2 rings (SSSR count). The van der Waals surface area contributed by atoms with E-state index in [1.165, 1.54) is 11.3 Å². The SMILES string of the molecule is CC(C)CNC(=O)Cc1csc(-c2ccc(Cl)c(N)c2)n1. The van der Waals surface area contributed by atoms with Gasteiger partial charge < -0.3 is 11.1 Å². The van der Waals surface area contributed by atoms with Crippen LogP contribution in [-0.4, -0.2) is 17.4 Å². The third-order valence-corrected chi connectivity index (χ3v) is 4.13. The van der Waals surface area contributed by atoms with E-state index in [1.54, 1.807) is 12.1 Å². The topological polar surface area (TPSA) is 68.0 Å². The van der Waals surface area contributed by atoms with E-state index in [0.717, 1.165) is 16.3 Å². The van der Waals surface area contributed by atoms with E-state index >= 15 is 0 Å². The smallest absolute Gasteiger partial charge is 0.226 e. The molecule has 0 aliphatic carbocycles. The summed E-state index contributed by atoms with van der Waals surface area (Å²) in [5.41, 5.74) is 8.00. The van der Waals surface area contributed by atoms with Crippen LogP contribution in [0.5, 0.6) is 0 Å². The molecule has 3 N–H and O–H groups in total. The van der Waals surface area contributed by atoms with Gasteiger partial charge in [0.05, 0.1) is 22.8 Å². The lowest BCUT2D eigenvalue weighted by Gasteiger charge is -2.06. The highest BCUT2D eigenvalue weighted by Crippen LogP contribution is 2.29. The van der Waals surface area contributed by atoms with Crippen LogP contribution in [0.3, 0.4) is 0 Å². The minimum absolute atomic E-state index is 0.00355. The van der Waals surface area contributed by atoms with Gasteiger partial charge in [-0.3, -0.25) is 4.79 Å². The molecule has 0 fully saturated rings. The second-order valence-electron chi connectivity index (χ2n) is 5.25. The van der Waals surface area contributed by atoms with Gasteiger partial charge in [-0.05, 0) is 18.1 Å². The molecule has 112 valence electrons. The zero-order valence-corrected chi connectivity index (χ0v) is 13.6. The van der Waals surface area contributed by atoms with Crippen LogP contribution in [0.4, 0.5) is 5.69 Å². The van der Waals surface area contributed by atoms with E-state index < -0.39 is 0 Å². The summed E-state index contributed by atoms with van der Waals surface area (Å²) in [5, 5.41) is 6.15. The van der Waals surface area contributed by atoms with E-state index in [2.05, 4.69) is 24.1 Å². The molecule has 6 heteroatoms. The first-order chi connectivity index (χ1) is 9.95. The van der Waals surface area contributed by atoms with Crippen LogP contribution in [0.1, 0.15) is 19.5 Å². The predicted octanol–water partition coefficient (Wildman–Crippen LogP) is 3.36. The molecule has 0 aliphatic heterocycles. The van der Waals surface area contributed by atoms with Gasteiger partial charge in [-0.2, -0.15) is 0 Å². The van der Waals surface area contributed by atoms with Crippen molar-refractivity contribution in [1.82, 2.24) is 10.3 Å². The van der Waals surface area contributed by atoms with Gasteiger partial charge in [-0.15, -0.1) is 11.3 Å². The van der Waals surface area contributed by atoms with Crippen molar-refractivity contribution in [2.24, 2.45) is 5.92 Å². The number of hydrogen-bond acceptors (Lipinski definition) is 4. The van der Waals surface area contributed by atoms with Crippen molar-refractivity contribution in [1.29, 1.82) is 0 Å². The van der Waals surface area contributed by atoms with Gasteiger partial charge in [-0.1, -0.05) is 31.5 Å². The highest BCUT2D eigenvalue weighted by atomic mass is 35.5. The van der Waals surface area contributed by atoms with Crippen LogP contribution in [0.2, 0.25) is 5.02 Å². The maximum Gasteiger partial charge on any atom is 0.226 e. The molecule has 1 heterocycles. The van der Waals surface area contributed by atoms with E-state index in [9.17, 15) is 4.79 Å². The van der Waals surface area contributed by atoms with Crippen LogP contribution in [0, 0.1) is 5.92 Å². The van der Waals surface area contributed by atoms with Crippen molar-refractivity contribution < 1.29 is 4.79 Å². The fraction of sp³-hybridized carbons (Fsp3) is 0.333. The molecule has 0 atom stereocenters. The molecule has 0 aliphatic rings. The van der Waals surface area contributed by atoms with Crippen molar-refractivity contribution in [3.05, 3.63) is 34.3 Å². The van der Waals surface area contributed by atoms with E-state index in [-0.39, 0.29) is 5.91 Å². The highest BCUT2D eigenvalue weighted by molar-refractivity contribution is 7.13. The number of nitrogens with zero attached hydrogens (tertiary/aromatic N) is 1. The molecule has 0 saturated heterocycles. The van der Waals surface area contributed by atoms with Gasteiger partial charge in [0, 0.05) is 17.5 Å². The average Bonchev–Trinajstić information content (AvgIpc) is 2.88. The molecule has 0 radical (unpaired) electrons. The van der Waals surface area contributed by atoms with Gasteiger partial charge in [-0.25, -0.2) is 4.98 Å². The number of aromatic nitrogens is 1. The molecule has 0 spiro atoms. The fourth-order valence-electron chi connectivity index (χ4n) is 1.74. The first-order valence-corrected chi connectivity index (χ1v) is 7.98. The number of carbonyl (C=O) groups is 1. The first kappa shape index (κ1) is 15.8. The summed E-state index contributed by atoms with van der Waals surface area (Å²) in [6, 6.07) is 5.42. The number of anilines is 1. The van der Waals surface area contributed by atoms with Crippen LogP contribution >= 0.6 is 22.9 Å². The van der Waals surface area contributed by atoms with Gasteiger partial charge in [0.15, 0.2) is 0 Å². The third kappa shape index (κ3) is 4.44. The molecule has 4 nitrogen and oxygen atoms in total. The van der Waals surface area contributed by atoms with E-state index in [0.29, 0.717) is 29.6 Å². The summed E-state index contributed by atoms with van der Waals surface area (Å²) in [6.07, 6.45) is 0.298. The standard InChI is InChI=1S/C15H18ClN3OS/c1-9(2)7-18-14(20)6-11-8-21-15(19-11)10-3-4-12(16)13(17)5-10/h3-5,8-9H,6-7,17H2,1-2H3,(H,18,20). The van der Waals surface area contributed by atoms with Crippen molar-refractivity contribution in [2.45, 2.75) is 20.3 Å². The Morgan fingerprint density at radius 3 is 2.90 bits per heavy atom. The monoisotopic (exact) mass is 323 g/mol. The third-order valence-electron chi connectivity index (χ3n) is 2.84. The fourth-order valence-corrected chi connectivity index (χ4v) is 2.68. The Morgan fingerprint density at radius 2 is 2.24 bits per heavy atom. The molecular formula is C15H18ClN3OS. The Morgan fingerprint density at radius 1 is 1.48 bits per heavy atom. The second kappa shape index (κ2) is 6.91. The predicted molar refractivity (Wildman–Crippen MR) is 88.5 cm³/mol. The van der Waals surface area contributed by atoms with Gasteiger partial charge >= 0.3 is 0 Å². The van der Waals surface area contributed by atoms with Crippen LogP contribution in [0.15, 0.2) is 23.6 Å². The molecule has 0 unspecified atom stereocenters. The van der Waals surface area contributed by atoms with Crippen molar-refractivity contribution in [2.75, 3.05) is 12.3 Å². The molecule has 2 aromatic rings. The zero-order chi connectivity index (χ0) is 15.4. The maximum absolute atomic E-state index is 11.8. The number of nitrogens with one attached hydrogen (secondary N) is 1. The number of carbonyl (C=O) groups excluding carboxylic acids is 1. The lowest BCUT2D eigenvalue weighted by Crippen LogP contribution is -2.28. The summed E-state index contributed by atoms with van der Waals surface area (Å²) >= 11 is 7.40. The van der Waals surface area contributed by atoms with Crippen LogP contribution < -0.4 is 11.1 Å². The molecule has 1 aromatic carbocycles. The summed E-state index contributed by atoms with van der Waals surface area (Å²) in [6.45, 7) is 4.81. The van der Waals surface area contributed by atoms with Crippen LogP contribution in [0.25, 0.3) is 10.6 Å². The number of amides is 1. The van der Waals surface area contributed by atoms with E-state index in [4.69, 9.17) is 17.3 Å². The van der Waals surface area contributed by atoms with Gasteiger partial charge in [0.1, 0.15) is 5.01 Å². The summed E-state index contributed by atoms with van der Waals surface area (Å²) in [4.78, 5) is 16.3. The first-order valence-electron chi connectivity index (χ1n) is 6.72. The highest BCUT2D eigenvalue weighted by Gasteiger charge is 2.10. The Kier molecular flexibility index (Phi) is 5.20. The number of nitrogen functional groups attached to an aromatic ring is 1. The molecule has 21 heavy (non-hydrogen) atoms. The zero-order valence-electron chi connectivity index (χ0n) is 12.0. The number of thiazole rings is 1. The molecule has 0 bridgehead atoms. The van der Waals surface area contributed by atoms with Crippen molar-refractivity contribution >= 4 is 34.5 Å². The maximum atomic E-state index is 11.8. The largest absolute Gasteiger partial charge is 0.398 e. The normalized spacial score (nSPS) is 10.9. The quantitative estimate of drug-likeness (QED) is 0.829. The van der Waals surface area contributed by atoms with Crippen molar-refractivity contribution in [3.63, 3.8) is 0 Å². The number of halogens is 1. The number of nitrogens with two attached hydrogens (primary N) is 1. The second-order valence-corrected chi connectivity index (χ2v) is 6.52. The van der Waals surface area contributed by atoms with Gasteiger partial charge in [0.25, 0.3) is 0 Å². The Balaban J connectivity index is 2.04. The lowest BCUT2D eigenvalue weighted by atomic mass is 10.2. The Hall–Kier alpha value is -1.59. The van der Waals surface area contributed by atoms with Gasteiger partial charge in [0.2, 0.25) is 5.91 Å². The van der Waals surface area contributed by atoms with Crippen molar-refractivity contribution in [3.8, 4) is 10.6 Å². The Bertz CT molecular complexity index is 640.